The molecule has 22 heavy (non-hydrogen) atoms. The summed E-state index contributed by atoms with van der Waals surface area (Å²) in [6.07, 6.45) is 1.38. The van der Waals surface area contributed by atoms with Crippen LogP contribution in [0, 0.1) is 5.92 Å². The van der Waals surface area contributed by atoms with Crippen LogP contribution in [-0.2, 0) is 14.3 Å². The van der Waals surface area contributed by atoms with E-state index in [4.69, 9.17) is 4.74 Å². The van der Waals surface area contributed by atoms with E-state index in [9.17, 15) is 9.59 Å². The molecule has 0 N–H and O–H groups in total. The first-order valence-corrected chi connectivity index (χ1v) is 8.53. The Kier molecular flexibility index (Phi) is 6.00. The number of carbonyl (C=O) groups excluding carboxylic acids is 2. The normalized spacial score (nSPS) is 17.1. The maximum Gasteiger partial charge on any atom is 0.309 e. The second kappa shape index (κ2) is 7.77. The lowest BCUT2D eigenvalue weighted by Gasteiger charge is -2.32. The van der Waals surface area contributed by atoms with E-state index in [0.29, 0.717) is 32.5 Å². The summed E-state index contributed by atoms with van der Waals surface area (Å²) in [6, 6.07) is 7.84. The van der Waals surface area contributed by atoms with Gasteiger partial charge in [0.1, 0.15) is 0 Å². The molecular formula is C17H22BrNO3. The number of rotatable bonds is 4. The van der Waals surface area contributed by atoms with Crippen LogP contribution in [0.1, 0.15) is 38.2 Å². The molecule has 0 spiro atoms. The Morgan fingerprint density at radius 3 is 2.41 bits per heavy atom. The van der Waals surface area contributed by atoms with E-state index in [1.54, 1.807) is 0 Å². The number of hydrogen-bond donors (Lipinski definition) is 0. The van der Waals surface area contributed by atoms with Crippen molar-refractivity contribution in [2.24, 2.45) is 5.92 Å². The van der Waals surface area contributed by atoms with Gasteiger partial charge in [-0.1, -0.05) is 28.1 Å². The minimum absolute atomic E-state index is 0.0630. The monoisotopic (exact) mass is 367 g/mol. The van der Waals surface area contributed by atoms with Crippen molar-refractivity contribution in [2.75, 3.05) is 19.7 Å². The first-order chi connectivity index (χ1) is 10.5. The number of ether oxygens (including phenoxy) is 1. The molecular weight excluding hydrogens is 346 g/mol. The Hall–Kier alpha value is -1.36. The van der Waals surface area contributed by atoms with Crippen LogP contribution in [0.15, 0.2) is 28.7 Å². The number of amides is 1. The van der Waals surface area contributed by atoms with Gasteiger partial charge in [0.05, 0.1) is 18.4 Å². The molecule has 2 rings (SSSR count). The maximum atomic E-state index is 12.6. The fourth-order valence-electron chi connectivity index (χ4n) is 2.76. The van der Waals surface area contributed by atoms with E-state index in [0.717, 1.165) is 10.0 Å². The minimum Gasteiger partial charge on any atom is -0.466 e. The Bertz CT molecular complexity index is 521. The Morgan fingerprint density at radius 1 is 1.27 bits per heavy atom. The van der Waals surface area contributed by atoms with E-state index >= 15 is 0 Å². The van der Waals surface area contributed by atoms with Crippen molar-refractivity contribution in [3.05, 3.63) is 34.3 Å². The zero-order valence-corrected chi connectivity index (χ0v) is 14.6. The molecule has 1 atom stereocenters. The zero-order chi connectivity index (χ0) is 16.1. The zero-order valence-electron chi connectivity index (χ0n) is 13.0. The summed E-state index contributed by atoms with van der Waals surface area (Å²) in [5.74, 6) is -0.223. The average molecular weight is 368 g/mol. The van der Waals surface area contributed by atoms with Crippen molar-refractivity contribution in [3.8, 4) is 0 Å². The van der Waals surface area contributed by atoms with Gasteiger partial charge in [-0.25, -0.2) is 0 Å². The van der Waals surface area contributed by atoms with Gasteiger partial charge in [0.15, 0.2) is 0 Å². The van der Waals surface area contributed by atoms with Gasteiger partial charge in [0.25, 0.3) is 0 Å². The predicted octanol–water partition coefficient (Wildman–Crippen LogP) is 3.35. The van der Waals surface area contributed by atoms with Crippen molar-refractivity contribution in [2.45, 2.75) is 32.6 Å². The van der Waals surface area contributed by atoms with Crippen molar-refractivity contribution in [1.29, 1.82) is 0 Å². The Morgan fingerprint density at radius 2 is 1.86 bits per heavy atom. The number of esters is 1. The van der Waals surface area contributed by atoms with Crippen LogP contribution in [-0.4, -0.2) is 36.5 Å². The highest BCUT2D eigenvalue weighted by Crippen LogP contribution is 2.24. The fraction of sp³-hybridized carbons (Fsp3) is 0.529. The van der Waals surface area contributed by atoms with Gasteiger partial charge in [-0.3, -0.25) is 9.59 Å². The predicted molar refractivity (Wildman–Crippen MR) is 88.5 cm³/mol. The molecule has 0 aliphatic carbocycles. The molecule has 5 heteroatoms. The Labute approximate surface area is 140 Å². The molecule has 120 valence electrons. The molecule has 1 unspecified atom stereocenters. The molecule has 1 aromatic rings. The third-order valence-corrected chi connectivity index (χ3v) is 4.70. The van der Waals surface area contributed by atoms with Crippen molar-refractivity contribution < 1.29 is 14.3 Å². The minimum atomic E-state index is -0.160. The van der Waals surface area contributed by atoms with Crippen LogP contribution >= 0.6 is 15.9 Å². The van der Waals surface area contributed by atoms with E-state index in [1.807, 2.05) is 43.0 Å². The highest BCUT2D eigenvalue weighted by atomic mass is 79.9. The van der Waals surface area contributed by atoms with Gasteiger partial charge in [-0.2, -0.15) is 0 Å². The maximum absolute atomic E-state index is 12.6. The third kappa shape index (κ3) is 4.09. The molecule has 0 saturated carbocycles. The highest BCUT2D eigenvalue weighted by Gasteiger charge is 2.30. The van der Waals surface area contributed by atoms with Crippen molar-refractivity contribution in [3.63, 3.8) is 0 Å². The quantitative estimate of drug-likeness (QED) is 0.766. The fourth-order valence-corrected chi connectivity index (χ4v) is 3.03. The molecule has 4 nitrogen and oxygen atoms in total. The third-order valence-electron chi connectivity index (χ3n) is 4.17. The summed E-state index contributed by atoms with van der Waals surface area (Å²) in [7, 11) is 0. The van der Waals surface area contributed by atoms with Gasteiger partial charge < -0.3 is 9.64 Å². The highest BCUT2D eigenvalue weighted by molar-refractivity contribution is 9.10. The largest absolute Gasteiger partial charge is 0.466 e. The summed E-state index contributed by atoms with van der Waals surface area (Å²) >= 11 is 3.40. The second-order valence-corrected chi connectivity index (χ2v) is 6.54. The van der Waals surface area contributed by atoms with Crippen LogP contribution in [0.2, 0.25) is 0 Å². The molecule has 1 aliphatic heterocycles. The van der Waals surface area contributed by atoms with E-state index in [-0.39, 0.29) is 23.7 Å². The molecule has 0 bridgehead atoms. The number of carbonyl (C=O) groups is 2. The van der Waals surface area contributed by atoms with Crippen LogP contribution in [0.3, 0.4) is 0 Å². The number of likely N-dealkylation sites (tertiary alicyclic amines) is 1. The van der Waals surface area contributed by atoms with Gasteiger partial charge in [0.2, 0.25) is 5.91 Å². The standard InChI is InChI=1S/C17H22BrNO3/c1-3-22-17(21)14-8-10-19(11-9-14)16(20)12(2)13-4-6-15(18)7-5-13/h4-7,12,14H,3,8-11H2,1-2H3. The van der Waals surface area contributed by atoms with Crippen LogP contribution in [0.4, 0.5) is 0 Å². The van der Waals surface area contributed by atoms with Gasteiger partial charge in [-0.05, 0) is 44.4 Å². The van der Waals surface area contributed by atoms with Crippen molar-refractivity contribution >= 4 is 27.8 Å². The summed E-state index contributed by atoms with van der Waals surface area (Å²) in [5.41, 5.74) is 1.01. The molecule has 1 amide bonds. The van der Waals surface area contributed by atoms with Crippen molar-refractivity contribution in [1.82, 2.24) is 4.90 Å². The number of benzene rings is 1. The molecule has 1 aliphatic rings. The van der Waals surface area contributed by atoms with Gasteiger partial charge >= 0.3 is 5.97 Å². The smallest absolute Gasteiger partial charge is 0.309 e. The lowest BCUT2D eigenvalue weighted by atomic mass is 9.94. The molecule has 0 radical (unpaired) electrons. The first-order valence-electron chi connectivity index (χ1n) is 7.73. The van der Waals surface area contributed by atoms with Gasteiger partial charge in [-0.15, -0.1) is 0 Å². The average Bonchev–Trinajstić information content (AvgIpc) is 2.54. The topological polar surface area (TPSA) is 46.6 Å². The van der Waals surface area contributed by atoms with Crippen LogP contribution in [0.25, 0.3) is 0 Å². The SMILES string of the molecule is CCOC(=O)C1CCN(C(=O)C(C)c2ccc(Br)cc2)CC1. The number of hydrogen-bond acceptors (Lipinski definition) is 3. The number of nitrogens with zero attached hydrogens (tertiary/aromatic N) is 1. The van der Waals surface area contributed by atoms with E-state index in [2.05, 4.69) is 15.9 Å². The summed E-state index contributed by atoms with van der Waals surface area (Å²) in [6.45, 7) is 5.42. The second-order valence-electron chi connectivity index (χ2n) is 5.62. The summed E-state index contributed by atoms with van der Waals surface area (Å²) in [4.78, 5) is 26.2. The van der Waals surface area contributed by atoms with E-state index < -0.39 is 0 Å². The van der Waals surface area contributed by atoms with E-state index in [1.165, 1.54) is 0 Å². The lowest BCUT2D eigenvalue weighted by Crippen LogP contribution is -2.42. The van der Waals surface area contributed by atoms with Crippen LogP contribution in [0.5, 0.6) is 0 Å². The van der Waals surface area contributed by atoms with Crippen LogP contribution < -0.4 is 0 Å². The molecule has 1 saturated heterocycles. The molecule has 1 fully saturated rings. The van der Waals surface area contributed by atoms with Gasteiger partial charge in [0, 0.05) is 17.6 Å². The molecule has 1 heterocycles. The number of halogens is 1. The lowest BCUT2D eigenvalue weighted by molar-refractivity contribution is -0.151. The summed E-state index contributed by atoms with van der Waals surface area (Å²) in [5, 5.41) is 0. The first kappa shape index (κ1) is 17.0. The number of piperidine rings is 1. The summed E-state index contributed by atoms with van der Waals surface area (Å²) < 4.78 is 6.06. The molecule has 1 aromatic carbocycles. The Balaban J connectivity index is 1.91. The molecule has 0 aromatic heterocycles.